The minimum absolute atomic E-state index is 0.192. The van der Waals surface area contributed by atoms with Gasteiger partial charge in [-0.05, 0) is 26.6 Å². The molecule has 0 radical (unpaired) electrons. The van der Waals surface area contributed by atoms with Crippen LogP contribution in [0.25, 0.3) is 21.3 Å². The summed E-state index contributed by atoms with van der Waals surface area (Å²) in [6.45, 7) is 2.67. The molecule has 6 nitrogen and oxygen atoms in total. The SMILES string of the molecule is Cc1nc(NCC(c2cnn(C)c2)N(C)C)c2c(-c3ccccc3)csc2n1. The summed E-state index contributed by atoms with van der Waals surface area (Å²) in [5.74, 6) is 1.66. The summed E-state index contributed by atoms with van der Waals surface area (Å²) in [5.41, 5.74) is 3.53. The molecule has 0 saturated carbocycles. The zero-order chi connectivity index (χ0) is 19.7. The molecule has 4 aromatic rings. The minimum Gasteiger partial charge on any atom is -0.367 e. The van der Waals surface area contributed by atoms with Crippen molar-refractivity contribution in [2.75, 3.05) is 26.0 Å². The number of thiophene rings is 1. The minimum atomic E-state index is 0.192. The molecule has 1 aromatic carbocycles. The molecule has 0 amide bonds. The molecular weight excluding hydrogens is 368 g/mol. The molecule has 3 heterocycles. The molecule has 0 spiro atoms. The van der Waals surface area contributed by atoms with Crippen LogP contribution in [0, 0.1) is 6.92 Å². The fraction of sp³-hybridized carbons (Fsp3) is 0.286. The number of anilines is 1. The largest absolute Gasteiger partial charge is 0.367 e. The van der Waals surface area contributed by atoms with Gasteiger partial charge in [0, 0.05) is 36.3 Å². The molecule has 144 valence electrons. The highest BCUT2D eigenvalue weighted by Gasteiger charge is 2.19. The number of aromatic nitrogens is 4. The Morgan fingerprint density at radius 3 is 2.64 bits per heavy atom. The highest BCUT2D eigenvalue weighted by Crippen LogP contribution is 2.37. The van der Waals surface area contributed by atoms with Crippen molar-refractivity contribution in [3.63, 3.8) is 0 Å². The number of hydrogen-bond acceptors (Lipinski definition) is 6. The fourth-order valence-electron chi connectivity index (χ4n) is 3.41. The number of rotatable bonds is 6. The Hall–Kier alpha value is -2.77. The predicted octanol–water partition coefficient (Wildman–Crippen LogP) is 4.12. The monoisotopic (exact) mass is 392 g/mol. The van der Waals surface area contributed by atoms with Gasteiger partial charge in [0.05, 0.1) is 17.6 Å². The van der Waals surface area contributed by atoms with Gasteiger partial charge in [-0.15, -0.1) is 11.3 Å². The smallest absolute Gasteiger partial charge is 0.139 e. The molecule has 7 heteroatoms. The van der Waals surface area contributed by atoms with Crippen molar-refractivity contribution in [3.05, 3.63) is 59.5 Å². The molecule has 3 aromatic heterocycles. The van der Waals surface area contributed by atoms with Gasteiger partial charge >= 0.3 is 0 Å². The van der Waals surface area contributed by atoms with Gasteiger partial charge in [0.15, 0.2) is 0 Å². The van der Waals surface area contributed by atoms with Crippen LogP contribution in [-0.4, -0.2) is 45.3 Å². The molecule has 28 heavy (non-hydrogen) atoms. The van der Waals surface area contributed by atoms with Gasteiger partial charge in [-0.3, -0.25) is 4.68 Å². The Morgan fingerprint density at radius 2 is 1.96 bits per heavy atom. The van der Waals surface area contributed by atoms with Gasteiger partial charge in [-0.2, -0.15) is 5.10 Å². The lowest BCUT2D eigenvalue weighted by Gasteiger charge is -2.24. The summed E-state index contributed by atoms with van der Waals surface area (Å²) < 4.78 is 1.84. The number of aryl methyl sites for hydroxylation is 2. The fourth-order valence-corrected chi connectivity index (χ4v) is 4.40. The number of nitrogens with one attached hydrogen (secondary N) is 1. The number of benzene rings is 1. The quantitative estimate of drug-likeness (QED) is 0.535. The van der Waals surface area contributed by atoms with Gasteiger partial charge in [0.25, 0.3) is 0 Å². The summed E-state index contributed by atoms with van der Waals surface area (Å²) in [6, 6.07) is 10.6. The van der Waals surface area contributed by atoms with Crippen LogP contribution in [0.2, 0.25) is 0 Å². The molecule has 0 aliphatic rings. The first-order valence-electron chi connectivity index (χ1n) is 9.23. The van der Waals surface area contributed by atoms with Crippen molar-refractivity contribution < 1.29 is 0 Å². The Morgan fingerprint density at radius 1 is 1.18 bits per heavy atom. The van der Waals surface area contributed by atoms with E-state index in [0.29, 0.717) is 0 Å². The number of nitrogens with zero attached hydrogens (tertiary/aromatic N) is 5. The molecule has 1 unspecified atom stereocenters. The molecule has 0 aliphatic heterocycles. The third-order valence-corrected chi connectivity index (χ3v) is 5.70. The van der Waals surface area contributed by atoms with Gasteiger partial charge in [0.1, 0.15) is 16.5 Å². The lowest BCUT2D eigenvalue weighted by Crippen LogP contribution is -2.27. The van der Waals surface area contributed by atoms with Crippen LogP contribution in [0.15, 0.2) is 48.1 Å². The molecule has 1 N–H and O–H groups in total. The van der Waals surface area contributed by atoms with E-state index in [2.05, 4.69) is 70.2 Å². The van der Waals surface area contributed by atoms with Crippen molar-refractivity contribution in [2.24, 2.45) is 7.05 Å². The lowest BCUT2D eigenvalue weighted by atomic mass is 10.1. The highest BCUT2D eigenvalue weighted by molar-refractivity contribution is 7.17. The van der Waals surface area contributed by atoms with Crippen LogP contribution in [-0.2, 0) is 7.05 Å². The normalized spacial score (nSPS) is 12.6. The van der Waals surface area contributed by atoms with E-state index in [1.807, 2.05) is 30.9 Å². The van der Waals surface area contributed by atoms with E-state index in [9.17, 15) is 0 Å². The third kappa shape index (κ3) is 3.63. The van der Waals surface area contributed by atoms with Gasteiger partial charge in [-0.1, -0.05) is 30.3 Å². The second-order valence-electron chi connectivity index (χ2n) is 7.12. The van der Waals surface area contributed by atoms with Crippen LogP contribution in [0.4, 0.5) is 5.82 Å². The van der Waals surface area contributed by atoms with E-state index in [1.165, 1.54) is 16.7 Å². The molecule has 0 aliphatic carbocycles. The van der Waals surface area contributed by atoms with E-state index in [0.717, 1.165) is 28.4 Å². The van der Waals surface area contributed by atoms with Gasteiger partial charge in [0.2, 0.25) is 0 Å². The van der Waals surface area contributed by atoms with Gasteiger partial charge in [-0.25, -0.2) is 9.97 Å². The first-order valence-corrected chi connectivity index (χ1v) is 10.1. The first kappa shape index (κ1) is 18.6. The van der Waals surface area contributed by atoms with E-state index in [-0.39, 0.29) is 6.04 Å². The van der Waals surface area contributed by atoms with Crippen molar-refractivity contribution in [1.82, 2.24) is 24.6 Å². The molecule has 1 atom stereocenters. The maximum absolute atomic E-state index is 4.73. The Balaban J connectivity index is 1.70. The maximum Gasteiger partial charge on any atom is 0.139 e. The van der Waals surface area contributed by atoms with Crippen LogP contribution >= 0.6 is 11.3 Å². The van der Waals surface area contributed by atoms with E-state index in [4.69, 9.17) is 4.98 Å². The maximum atomic E-state index is 4.73. The molecule has 0 saturated heterocycles. The Labute approximate surface area is 168 Å². The first-order chi connectivity index (χ1) is 13.5. The summed E-state index contributed by atoms with van der Waals surface area (Å²) in [5, 5.41) is 11.2. The average Bonchev–Trinajstić information content (AvgIpc) is 3.28. The lowest BCUT2D eigenvalue weighted by molar-refractivity contribution is 0.311. The zero-order valence-electron chi connectivity index (χ0n) is 16.5. The molecular formula is C21H24N6S. The Kier molecular flexibility index (Phi) is 5.11. The van der Waals surface area contributed by atoms with E-state index < -0.39 is 0 Å². The predicted molar refractivity (Wildman–Crippen MR) is 116 cm³/mol. The summed E-state index contributed by atoms with van der Waals surface area (Å²) in [6.07, 6.45) is 3.99. The second-order valence-corrected chi connectivity index (χ2v) is 7.98. The van der Waals surface area contributed by atoms with Crippen LogP contribution in [0.1, 0.15) is 17.4 Å². The topological polar surface area (TPSA) is 58.9 Å². The van der Waals surface area contributed by atoms with Crippen LogP contribution in [0.3, 0.4) is 0 Å². The summed E-state index contributed by atoms with van der Waals surface area (Å²) in [7, 11) is 6.11. The van der Waals surface area contributed by atoms with Crippen LogP contribution in [0.5, 0.6) is 0 Å². The third-order valence-electron chi connectivity index (χ3n) is 4.83. The number of hydrogen-bond donors (Lipinski definition) is 1. The van der Waals surface area contributed by atoms with Gasteiger partial charge < -0.3 is 10.2 Å². The number of fused-ring (bicyclic) bond motifs is 1. The van der Waals surface area contributed by atoms with E-state index >= 15 is 0 Å². The molecule has 0 fully saturated rings. The van der Waals surface area contributed by atoms with Crippen molar-refractivity contribution in [1.29, 1.82) is 0 Å². The summed E-state index contributed by atoms with van der Waals surface area (Å²) >= 11 is 1.66. The van der Waals surface area contributed by atoms with Crippen LogP contribution < -0.4 is 5.32 Å². The van der Waals surface area contributed by atoms with Crippen molar-refractivity contribution in [2.45, 2.75) is 13.0 Å². The van der Waals surface area contributed by atoms with Crippen molar-refractivity contribution >= 4 is 27.4 Å². The van der Waals surface area contributed by atoms with E-state index in [1.54, 1.807) is 11.3 Å². The standard InChI is InChI=1S/C21H24N6S/c1-14-24-20(22-11-18(26(2)3)16-10-23-27(4)12-16)19-17(13-28-21(19)25-14)15-8-6-5-7-9-15/h5-10,12-13,18H,11H2,1-4H3,(H,22,24,25). The molecule has 4 rings (SSSR count). The molecule has 0 bridgehead atoms. The summed E-state index contributed by atoms with van der Waals surface area (Å²) in [4.78, 5) is 12.6. The average molecular weight is 393 g/mol. The van der Waals surface area contributed by atoms with Crippen molar-refractivity contribution in [3.8, 4) is 11.1 Å². The zero-order valence-corrected chi connectivity index (χ0v) is 17.4. The second kappa shape index (κ2) is 7.69. The number of likely N-dealkylation sites (N-methyl/N-ethyl adjacent to an activating group) is 1. The Bertz CT molecular complexity index is 1080. The highest BCUT2D eigenvalue weighted by atomic mass is 32.1.